The van der Waals surface area contributed by atoms with E-state index in [1.54, 1.807) is 11.8 Å². The third kappa shape index (κ3) is 4.46. The fourth-order valence-corrected chi connectivity index (χ4v) is 6.55. The normalized spacial score (nSPS) is 20.0. The van der Waals surface area contributed by atoms with E-state index in [1.165, 1.54) is 28.6 Å². The van der Waals surface area contributed by atoms with E-state index in [4.69, 9.17) is 0 Å². The molecule has 2 heterocycles. The highest BCUT2D eigenvalue weighted by Crippen LogP contribution is 2.35. The molecule has 0 aromatic heterocycles. The van der Waals surface area contributed by atoms with Gasteiger partial charge >= 0.3 is 0 Å². The molecular formula is C21H23N3O5S2. The van der Waals surface area contributed by atoms with E-state index in [2.05, 4.69) is 0 Å². The van der Waals surface area contributed by atoms with Gasteiger partial charge in [-0.15, -0.1) is 11.8 Å². The largest absolute Gasteiger partial charge is 0.311 e. The first-order valence-electron chi connectivity index (χ1n) is 10.2. The zero-order chi connectivity index (χ0) is 22.0. The highest BCUT2D eigenvalue weighted by atomic mass is 32.2. The Morgan fingerprint density at radius 1 is 1.06 bits per heavy atom. The summed E-state index contributed by atoms with van der Waals surface area (Å²) < 4.78 is 27.5. The number of anilines is 1. The van der Waals surface area contributed by atoms with E-state index < -0.39 is 20.9 Å². The molecule has 164 valence electrons. The third-order valence-corrected chi connectivity index (χ3v) is 8.65. The maximum atomic E-state index is 13.4. The molecule has 1 unspecified atom stereocenters. The summed E-state index contributed by atoms with van der Waals surface area (Å²) >= 11 is 1.73. The predicted molar refractivity (Wildman–Crippen MR) is 119 cm³/mol. The number of benzene rings is 2. The number of para-hydroxylation sites is 1. The molecule has 2 aliphatic heterocycles. The summed E-state index contributed by atoms with van der Waals surface area (Å²) in [6.07, 6.45) is 2.10. The fraction of sp³-hybridized carbons (Fsp3) is 0.381. The Labute approximate surface area is 185 Å². The first-order chi connectivity index (χ1) is 14.9. The van der Waals surface area contributed by atoms with Crippen molar-refractivity contribution in [2.75, 3.05) is 30.3 Å². The number of non-ortho nitro benzene ring substituents is 1. The number of rotatable bonds is 4. The SMILES string of the molecule is O=C(C1CCCN(S(=O)(=O)c2ccc([N+](=O)[O-])cc2)C1)N1CCCSc2ccccc21. The van der Waals surface area contributed by atoms with Gasteiger partial charge in [0.15, 0.2) is 0 Å². The number of carbonyl (C=O) groups is 1. The lowest BCUT2D eigenvalue weighted by atomic mass is 9.97. The maximum absolute atomic E-state index is 13.4. The second-order valence-corrected chi connectivity index (χ2v) is 10.7. The lowest BCUT2D eigenvalue weighted by Crippen LogP contribution is -2.47. The molecule has 8 nitrogen and oxygen atoms in total. The summed E-state index contributed by atoms with van der Waals surface area (Å²) in [6.45, 7) is 1.06. The number of hydrogen-bond acceptors (Lipinski definition) is 6. The molecule has 31 heavy (non-hydrogen) atoms. The number of nitro groups is 1. The first-order valence-corrected chi connectivity index (χ1v) is 12.6. The summed E-state index contributed by atoms with van der Waals surface area (Å²) in [4.78, 5) is 26.6. The Kier molecular flexibility index (Phi) is 6.31. The molecule has 1 amide bonds. The number of piperidine rings is 1. The molecule has 0 bridgehead atoms. The van der Waals surface area contributed by atoms with Crippen molar-refractivity contribution in [3.8, 4) is 0 Å². The van der Waals surface area contributed by atoms with Crippen LogP contribution in [0.1, 0.15) is 19.3 Å². The molecule has 2 aromatic rings. The minimum absolute atomic E-state index is 0.00252. The summed E-state index contributed by atoms with van der Waals surface area (Å²) in [5, 5.41) is 10.8. The number of nitrogens with zero attached hydrogens (tertiary/aromatic N) is 3. The van der Waals surface area contributed by atoms with Crippen molar-refractivity contribution in [2.24, 2.45) is 5.92 Å². The standard InChI is InChI=1S/C21H23N3O5S2/c25-21(23-13-4-14-30-20-7-2-1-6-19(20)23)16-5-3-12-22(15-16)31(28,29)18-10-8-17(9-11-18)24(26)27/h1-2,6-11,16H,3-5,12-15H2. The molecule has 10 heteroatoms. The Morgan fingerprint density at radius 2 is 1.81 bits per heavy atom. The monoisotopic (exact) mass is 461 g/mol. The van der Waals surface area contributed by atoms with Gasteiger partial charge in [0.2, 0.25) is 15.9 Å². The lowest BCUT2D eigenvalue weighted by Gasteiger charge is -2.34. The summed E-state index contributed by atoms with van der Waals surface area (Å²) in [5.74, 6) is 0.475. The van der Waals surface area contributed by atoms with Gasteiger partial charge in [-0.3, -0.25) is 14.9 Å². The van der Waals surface area contributed by atoms with Gasteiger partial charge in [0.1, 0.15) is 0 Å². The summed E-state index contributed by atoms with van der Waals surface area (Å²) in [5.41, 5.74) is 0.730. The Hall–Kier alpha value is -2.43. The Bertz CT molecular complexity index is 1090. The highest BCUT2D eigenvalue weighted by molar-refractivity contribution is 7.99. The van der Waals surface area contributed by atoms with Crippen LogP contribution in [0.15, 0.2) is 58.3 Å². The van der Waals surface area contributed by atoms with Crippen LogP contribution in [0.2, 0.25) is 0 Å². The fourth-order valence-electron chi connectivity index (χ4n) is 4.03. The zero-order valence-corrected chi connectivity index (χ0v) is 18.5. The van der Waals surface area contributed by atoms with Crippen LogP contribution in [0.25, 0.3) is 0 Å². The minimum atomic E-state index is -3.83. The van der Waals surface area contributed by atoms with Crippen LogP contribution >= 0.6 is 11.8 Å². The molecule has 1 saturated heterocycles. The number of nitro benzene ring substituents is 1. The minimum Gasteiger partial charge on any atom is -0.311 e. The van der Waals surface area contributed by atoms with Gasteiger partial charge in [0, 0.05) is 36.7 Å². The van der Waals surface area contributed by atoms with Crippen molar-refractivity contribution in [2.45, 2.75) is 29.1 Å². The number of carbonyl (C=O) groups excluding carboxylic acids is 1. The number of fused-ring (bicyclic) bond motifs is 1. The zero-order valence-electron chi connectivity index (χ0n) is 16.8. The summed E-state index contributed by atoms with van der Waals surface area (Å²) in [6, 6.07) is 12.7. The quantitative estimate of drug-likeness (QED) is 0.510. The van der Waals surface area contributed by atoms with Crippen LogP contribution in [0, 0.1) is 16.0 Å². The molecular weight excluding hydrogens is 438 g/mol. The molecule has 0 aliphatic carbocycles. The number of hydrogen-bond donors (Lipinski definition) is 0. The van der Waals surface area contributed by atoms with E-state index in [9.17, 15) is 23.3 Å². The second-order valence-electron chi connectivity index (χ2n) is 7.61. The van der Waals surface area contributed by atoms with E-state index in [-0.39, 0.29) is 23.0 Å². The molecule has 2 aliphatic rings. The van der Waals surface area contributed by atoms with Crippen LogP contribution in [0.4, 0.5) is 11.4 Å². The first kappa shape index (κ1) is 21.8. The van der Waals surface area contributed by atoms with Gasteiger partial charge in [-0.25, -0.2) is 8.42 Å². The Balaban J connectivity index is 1.54. The molecule has 0 saturated carbocycles. The van der Waals surface area contributed by atoms with Crippen LogP contribution in [-0.4, -0.2) is 48.9 Å². The smallest absolute Gasteiger partial charge is 0.269 e. The number of amides is 1. The van der Waals surface area contributed by atoms with E-state index in [0.717, 1.165) is 22.8 Å². The molecule has 1 atom stereocenters. The van der Waals surface area contributed by atoms with Crippen molar-refractivity contribution in [3.63, 3.8) is 0 Å². The lowest BCUT2D eigenvalue weighted by molar-refractivity contribution is -0.384. The number of thioether (sulfide) groups is 1. The number of sulfonamides is 1. The topological polar surface area (TPSA) is 101 Å². The van der Waals surface area contributed by atoms with Gasteiger partial charge in [-0.1, -0.05) is 12.1 Å². The Morgan fingerprint density at radius 3 is 2.55 bits per heavy atom. The highest BCUT2D eigenvalue weighted by Gasteiger charge is 2.36. The van der Waals surface area contributed by atoms with Crippen molar-refractivity contribution in [1.29, 1.82) is 0 Å². The molecule has 1 fully saturated rings. The molecule has 2 aromatic carbocycles. The molecule has 4 rings (SSSR count). The van der Waals surface area contributed by atoms with Gasteiger partial charge in [-0.2, -0.15) is 4.31 Å². The third-order valence-electron chi connectivity index (χ3n) is 5.62. The predicted octanol–water partition coefficient (Wildman–Crippen LogP) is 3.52. The maximum Gasteiger partial charge on any atom is 0.269 e. The van der Waals surface area contributed by atoms with Gasteiger partial charge in [0.25, 0.3) is 5.69 Å². The van der Waals surface area contributed by atoms with E-state index in [0.29, 0.717) is 25.9 Å². The molecule has 0 radical (unpaired) electrons. The van der Waals surface area contributed by atoms with Crippen molar-refractivity contribution in [1.82, 2.24) is 4.31 Å². The van der Waals surface area contributed by atoms with Gasteiger partial charge in [-0.05, 0) is 49.3 Å². The molecule has 0 spiro atoms. The second kappa shape index (κ2) is 8.97. The van der Waals surface area contributed by atoms with Crippen LogP contribution in [0.3, 0.4) is 0 Å². The van der Waals surface area contributed by atoms with Crippen molar-refractivity contribution >= 4 is 39.1 Å². The van der Waals surface area contributed by atoms with Gasteiger partial charge < -0.3 is 4.90 Å². The van der Waals surface area contributed by atoms with Gasteiger partial charge in [0.05, 0.1) is 21.4 Å². The summed E-state index contributed by atoms with van der Waals surface area (Å²) in [7, 11) is -3.83. The average molecular weight is 462 g/mol. The van der Waals surface area contributed by atoms with E-state index in [1.807, 2.05) is 29.2 Å². The van der Waals surface area contributed by atoms with Crippen LogP contribution in [-0.2, 0) is 14.8 Å². The van der Waals surface area contributed by atoms with Crippen molar-refractivity contribution < 1.29 is 18.1 Å². The van der Waals surface area contributed by atoms with E-state index >= 15 is 0 Å². The molecule has 0 N–H and O–H groups in total. The van der Waals surface area contributed by atoms with Crippen LogP contribution < -0.4 is 4.90 Å². The van der Waals surface area contributed by atoms with Crippen molar-refractivity contribution in [3.05, 3.63) is 58.6 Å². The van der Waals surface area contributed by atoms with Crippen LogP contribution in [0.5, 0.6) is 0 Å². The average Bonchev–Trinajstić information content (AvgIpc) is 3.01.